The van der Waals surface area contributed by atoms with Crippen molar-refractivity contribution in [3.63, 3.8) is 0 Å². The number of rotatable bonds is 3. The Bertz CT molecular complexity index is 586. The first-order valence-corrected chi connectivity index (χ1v) is 6.06. The fourth-order valence-electron chi connectivity index (χ4n) is 1.28. The lowest BCUT2D eigenvalue weighted by Crippen LogP contribution is -2.00. The average molecular weight is 329 g/mol. The van der Waals surface area contributed by atoms with Gasteiger partial charge in [0.25, 0.3) is 0 Å². The molecule has 1 heterocycles. The number of carboxylic acids is 1. The van der Waals surface area contributed by atoms with Crippen molar-refractivity contribution in [3.05, 3.63) is 51.6 Å². The number of aromatic nitrogens is 1. The fourth-order valence-corrected chi connectivity index (χ4v) is 1.77. The van der Waals surface area contributed by atoms with Gasteiger partial charge in [0.15, 0.2) is 0 Å². The maximum Gasteiger partial charge on any atom is 0.337 e. The van der Waals surface area contributed by atoms with Gasteiger partial charge in [0.2, 0.25) is 5.88 Å². The first-order valence-electron chi connectivity index (χ1n) is 4.89. The molecule has 2 rings (SSSR count). The van der Waals surface area contributed by atoms with E-state index in [0.29, 0.717) is 5.75 Å². The van der Waals surface area contributed by atoms with Crippen molar-refractivity contribution in [1.29, 1.82) is 0 Å². The number of hydrogen-bond acceptors (Lipinski definition) is 3. The zero-order valence-electron chi connectivity index (χ0n) is 8.93. The zero-order chi connectivity index (χ0) is 13.1. The lowest BCUT2D eigenvalue weighted by Gasteiger charge is -2.07. The third-order valence-corrected chi connectivity index (χ3v) is 3.01. The summed E-state index contributed by atoms with van der Waals surface area (Å²) in [7, 11) is 0. The topological polar surface area (TPSA) is 59.4 Å². The minimum absolute atomic E-state index is 0.0204. The predicted octanol–water partition coefficient (Wildman–Crippen LogP) is 3.99. The third kappa shape index (κ3) is 2.80. The van der Waals surface area contributed by atoms with Crippen LogP contribution >= 0.6 is 27.5 Å². The van der Waals surface area contributed by atoms with E-state index in [1.807, 2.05) is 0 Å². The molecule has 0 spiro atoms. The molecule has 0 fully saturated rings. The molecule has 0 radical (unpaired) electrons. The number of halogens is 2. The van der Waals surface area contributed by atoms with Crippen LogP contribution in [0.1, 0.15) is 10.4 Å². The molecule has 2 aromatic rings. The normalized spacial score (nSPS) is 10.1. The standard InChI is InChI=1S/C12H7BrClNO3/c13-7-1-3-8(4-2-7)18-11-10(14)9(12(16)17)5-6-15-11/h1-6H,(H,16,17). The van der Waals surface area contributed by atoms with Crippen LogP contribution in [0.3, 0.4) is 0 Å². The molecule has 1 aromatic carbocycles. The maximum absolute atomic E-state index is 10.9. The predicted molar refractivity (Wildman–Crippen MR) is 70.4 cm³/mol. The molecule has 4 nitrogen and oxygen atoms in total. The fraction of sp³-hybridized carbons (Fsp3) is 0. The van der Waals surface area contributed by atoms with Gasteiger partial charge in [-0.25, -0.2) is 9.78 Å². The second-order valence-corrected chi connectivity index (χ2v) is 4.63. The summed E-state index contributed by atoms with van der Waals surface area (Å²) in [6, 6.07) is 8.35. The Morgan fingerprint density at radius 2 is 1.94 bits per heavy atom. The Hall–Kier alpha value is -1.59. The van der Waals surface area contributed by atoms with Gasteiger partial charge in [-0.05, 0) is 30.3 Å². The average Bonchev–Trinajstić information content (AvgIpc) is 2.34. The van der Waals surface area contributed by atoms with Crippen LogP contribution in [0.2, 0.25) is 5.02 Å². The van der Waals surface area contributed by atoms with Crippen LogP contribution in [-0.2, 0) is 0 Å². The summed E-state index contributed by atoms with van der Waals surface area (Å²) in [6.45, 7) is 0. The number of benzene rings is 1. The molecule has 0 aliphatic heterocycles. The first kappa shape index (κ1) is 12.9. The van der Waals surface area contributed by atoms with Gasteiger partial charge >= 0.3 is 5.97 Å². The summed E-state index contributed by atoms with van der Waals surface area (Å²) in [5.41, 5.74) is -0.0428. The summed E-state index contributed by atoms with van der Waals surface area (Å²) in [4.78, 5) is 14.8. The quantitative estimate of drug-likeness (QED) is 0.925. The molecule has 0 bridgehead atoms. The largest absolute Gasteiger partial charge is 0.478 e. The van der Waals surface area contributed by atoms with Crippen molar-refractivity contribution in [2.45, 2.75) is 0 Å². The molecule has 1 aromatic heterocycles. The monoisotopic (exact) mass is 327 g/mol. The van der Waals surface area contributed by atoms with E-state index in [1.54, 1.807) is 24.3 Å². The molecule has 0 aliphatic carbocycles. The van der Waals surface area contributed by atoms with Crippen LogP contribution in [0.25, 0.3) is 0 Å². The van der Waals surface area contributed by atoms with Crippen LogP contribution in [0.4, 0.5) is 0 Å². The zero-order valence-corrected chi connectivity index (χ0v) is 11.3. The Morgan fingerprint density at radius 3 is 2.56 bits per heavy atom. The lowest BCUT2D eigenvalue weighted by molar-refractivity contribution is 0.0696. The van der Waals surface area contributed by atoms with E-state index in [9.17, 15) is 4.79 Å². The number of hydrogen-bond donors (Lipinski definition) is 1. The van der Waals surface area contributed by atoms with Crippen LogP contribution in [0, 0.1) is 0 Å². The molecule has 6 heteroatoms. The van der Waals surface area contributed by atoms with E-state index < -0.39 is 5.97 Å². The van der Waals surface area contributed by atoms with Gasteiger partial charge in [-0.1, -0.05) is 27.5 Å². The van der Waals surface area contributed by atoms with Crippen molar-refractivity contribution >= 4 is 33.5 Å². The second-order valence-electron chi connectivity index (χ2n) is 3.34. The van der Waals surface area contributed by atoms with E-state index in [2.05, 4.69) is 20.9 Å². The molecule has 0 unspecified atom stereocenters. The molecule has 0 aliphatic rings. The van der Waals surface area contributed by atoms with Gasteiger partial charge < -0.3 is 9.84 Å². The van der Waals surface area contributed by atoms with Gasteiger partial charge in [-0.3, -0.25) is 0 Å². The summed E-state index contributed by atoms with van der Waals surface area (Å²) < 4.78 is 6.34. The first-order chi connectivity index (χ1) is 8.58. The lowest BCUT2D eigenvalue weighted by atomic mass is 10.2. The molecular formula is C12H7BrClNO3. The van der Waals surface area contributed by atoms with E-state index >= 15 is 0 Å². The molecule has 92 valence electrons. The van der Waals surface area contributed by atoms with Crippen molar-refractivity contribution in [3.8, 4) is 11.6 Å². The smallest absolute Gasteiger partial charge is 0.337 e. The third-order valence-electron chi connectivity index (χ3n) is 2.12. The maximum atomic E-state index is 10.9. The number of aromatic carboxylic acids is 1. The molecule has 0 saturated carbocycles. The molecule has 0 amide bonds. The van der Waals surface area contributed by atoms with Crippen LogP contribution in [-0.4, -0.2) is 16.1 Å². The van der Waals surface area contributed by atoms with Crippen molar-refractivity contribution < 1.29 is 14.6 Å². The van der Waals surface area contributed by atoms with Gasteiger partial charge in [-0.2, -0.15) is 0 Å². The molecule has 0 saturated heterocycles. The highest BCUT2D eigenvalue weighted by Crippen LogP contribution is 2.30. The van der Waals surface area contributed by atoms with Crippen LogP contribution < -0.4 is 4.74 Å². The molecular weight excluding hydrogens is 321 g/mol. The SMILES string of the molecule is O=C(O)c1ccnc(Oc2ccc(Br)cc2)c1Cl. The van der Waals surface area contributed by atoms with E-state index in [1.165, 1.54) is 12.3 Å². The molecule has 0 atom stereocenters. The van der Waals surface area contributed by atoms with E-state index in [4.69, 9.17) is 21.4 Å². The van der Waals surface area contributed by atoms with Crippen molar-refractivity contribution in [2.75, 3.05) is 0 Å². The van der Waals surface area contributed by atoms with Gasteiger partial charge in [0.1, 0.15) is 10.8 Å². The number of pyridine rings is 1. The number of carboxylic acid groups (broad SMARTS) is 1. The van der Waals surface area contributed by atoms with E-state index in [0.717, 1.165) is 4.47 Å². The highest BCUT2D eigenvalue weighted by molar-refractivity contribution is 9.10. The van der Waals surface area contributed by atoms with Crippen LogP contribution in [0.5, 0.6) is 11.6 Å². The minimum atomic E-state index is -1.12. The van der Waals surface area contributed by atoms with Crippen molar-refractivity contribution in [2.24, 2.45) is 0 Å². The highest BCUT2D eigenvalue weighted by atomic mass is 79.9. The Kier molecular flexibility index (Phi) is 3.84. The summed E-state index contributed by atoms with van der Waals surface area (Å²) >= 11 is 9.21. The minimum Gasteiger partial charge on any atom is -0.478 e. The second kappa shape index (κ2) is 5.37. The van der Waals surface area contributed by atoms with Gasteiger partial charge in [-0.15, -0.1) is 0 Å². The van der Waals surface area contributed by atoms with Crippen molar-refractivity contribution in [1.82, 2.24) is 4.98 Å². The summed E-state index contributed by atoms with van der Waals surface area (Å²) in [6.07, 6.45) is 1.34. The highest BCUT2D eigenvalue weighted by Gasteiger charge is 2.14. The van der Waals surface area contributed by atoms with E-state index in [-0.39, 0.29) is 16.5 Å². The Balaban J connectivity index is 2.32. The summed E-state index contributed by atoms with van der Waals surface area (Å²) in [5, 5.41) is 8.90. The Morgan fingerprint density at radius 1 is 1.28 bits per heavy atom. The van der Waals surface area contributed by atoms with Gasteiger partial charge in [0, 0.05) is 10.7 Å². The van der Waals surface area contributed by atoms with Gasteiger partial charge in [0.05, 0.1) is 5.56 Å². The molecule has 18 heavy (non-hydrogen) atoms. The Labute approximate surface area is 116 Å². The summed E-state index contributed by atoms with van der Waals surface area (Å²) in [5.74, 6) is -0.530. The number of nitrogens with zero attached hydrogens (tertiary/aromatic N) is 1. The number of carbonyl (C=O) groups is 1. The molecule has 1 N–H and O–H groups in total. The number of ether oxygens (including phenoxy) is 1. The van der Waals surface area contributed by atoms with Crippen LogP contribution in [0.15, 0.2) is 41.0 Å².